The van der Waals surface area contributed by atoms with Crippen LogP contribution in [-0.4, -0.2) is 22.2 Å². The number of aliphatic hydroxyl groups excluding tert-OH is 1. The van der Waals surface area contributed by atoms with Crippen LogP contribution >= 0.6 is 50.2 Å². The lowest BCUT2D eigenvalue weighted by molar-refractivity contribution is 0.170. The van der Waals surface area contributed by atoms with Gasteiger partial charge in [0.2, 0.25) is 0 Å². The molecule has 0 fully saturated rings. The molecular weight excluding hydrogens is 454 g/mol. The van der Waals surface area contributed by atoms with Gasteiger partial charge in [-0.3, -0.25) is 0 Å². The van der Waals surface area contributed by atoms with E-state index in [-0.39, 0.29) is 12.0 Å². The summed E-state index contributed by atoms with van der Waals surface area (Å²) in [6.07, 6.45) is 3.92. The largest absolute Gasteiger partial charge is 0.388 e. The van der Waals surface area contributed by atoms with Crippen LogP contribution in [0.25, 0.3) is 10.2 Å². The zero-order valence-electron chi connectivity index (χ0n) is 13.7. The zero-order valence-corrected chi connectivity index (χ0v) is 17.6. The van der Waals surface area contributed by atoms with E-state index < -0.39 is 6.10 Å². The van der Waals surface area contributed by atoms with E-state index in [0.29, 0.717) is 5.15 Å². The van der Waals surface area contributed by atoms with Crippen LogP contribution in [0.1, 0.15) is 22.1 Å². The van der Waals surface area contributed by atoms with E-state index in [2.05, 4.69) is 37.7 Å². The smallest absolute Gasteiger partial charge is 0.131 e. The normalized spacial score (nSPS) is 22.8. The fourth-order valence-electron chi connectivity index (χ4n) is 3.21. The predicted molar refractivity (Wildman–Crippen MR) is 114 cm³/mol. The number of anilines is 1. The summed E-state index contributed by atoms with van der Waals surface area (Å²) in [6.45, 7) is 0.728. The minimum Gasteiger partial charge on any atom is -0.388 e. The molecule has 0 saturated heterocycles. The molecule has 136 valence electrons. The third-order valence-electron chi connectivity index (χ3n) is 4.48. The molecule has 1 aliphatic carbocycles. The van der Waals surface area contributed by atoms with Crippen LogP contribution in [0.5, 0.6) is 0 Å². The van der Waals surface area contributed by atoms with Crippen LogP contribution in [0.2, 0.25) is 5.15 Å². The highest BCUT2D eigenvalue weighted by atomic mass is 79.9. The number of hydrogen-bond donors (Lipinski definition) is 3. The van der Waals surface area contributed by atoms with Gasteiger partial charge in [0.05, 0.1) is 26.5 Å². The summed E-state index contributed by atoms with van der Waals surface area (Å²) in [5, 5.41) is 16.4. The Kier molecular flexibility index (Phi) is 5.36. The highest BCUT2D eigenvalue weighted by Crippen LogP contribution is 2.45. The van der Waals surface area contributed by atoms with Gasteiger partial charge in [0.15, 0.2) is 0 Å². The molecule has 3 aromatic heterocycles. The molecule has 0 aromatic carbocycles. The number of nitrogens with one attached hydrogen (secondary N) is 1. The predicted octanol–water partition coefficient (Wildman–Crippen LogP) is 5.12. The van der Waals surface area contributed by atoms with Crippen molar-refractivity contribution in [2.75, 3.05) is 5.32 Å². The van der Waals surface area contributed by atoms with Gasteiger partial charge in [-0.25, -0.2) is 4.98 Å². The lowest BCUT2D eigenvalue weighted by Crippen LogP contribution is -2.37. The second-order valence-electron chi connectivity index (χ2n) is 6.23. The van der Waals surface area contributed by atoms with Gasteiger partial charge in [0.1, 0.15) is 5.15 Å². The average Bonchev–Trinajstić information content (AvgIpc) is 3.22. The highest BCUT2D eigenvalue weighted by Gasteiger charge is 2.32. The third kappa shape index (κ3) is 3.44. The van der Waals surface area contributed by atoms with Crippen molar-refractivity contribution in [1.82, 2.24) is 4.98 Å². The molecule has 0 unspecified atom stereocenters. The molecule has 3 atom stereocenters. The molecule has 4 N–H and O–H groups in total. The van der Waals surface area contributed by atoms with E-state index in [1.807, 2.05) is 24.3 Å². The lowest BCUT2D eigenvalue weighted by atomic mass is 9.86. The molecule has 0 radical (unpaired) electrons. The van der Waals surface area contributed by atoms with E-state index in [4.69, 9.17) is 17.3 Å². The standard InChI is InChI=1S/C18H17BrClN3OS2/c19-15-16-17(26-18(15)14-10(21)4-1-5-12(14)24)11(7-13(20)23-16)22-8-9-3-2-6-25-9/h1-3,5-7,10,12,14,24H,4,8,21H2,(H,22,23)/t10-,12-,14+/m1/s1. The van der Waals surface area contributed by atoms with Crippen molar-refractivity contribution >= 4 is 66.1 Å². The number of halogens is 2. The minimum absolute atomic E-state index is 0.127. The number of rotatable bonds is 4. The fraction of sp³-hybridized carbons (Fsp3) is 0.278. The first kappa shape index (κ1) is 18.4. The van der Waals surface area contributed by atoms with E-state index >= 15 is 0 Å². The number of aromatic nitrogens is 1. The fourth-order valence-corrected chi connectivity index (χ4v) is 6.32. The van der Waals surface area contributed by atoms with Gasteiger partial charge in [-0.2, -0.15) is 0 Å². The van der Waals surface area contributed by atoms with Gasteiger partial charge in [-0.05, 0) is 33.8 Å². The second kappa shape index (κ2) is 7.58. The number of nitrogens with two attached hydrogens (primary N) is 1. The Morgan fingerprint density at radius 2 is 2.31 bits per heavy atom. The molecule has 0 amide bonds. The maximum atomic E-state index is 10.5. The summed E-state index contributed by atoms with van der Waals surface area (Å²) in [4.78, 5) is 6.76. The molecule has 0 bridgehead atoms. The molecule has 1 aliphatic rings. The van der Waals surface area contributed by atoms with Gasteiger partial charge in [0.25, 0.3) is 0 Å². The SMILES string of the molecule is N[C@@H]1CC=C[C@@H](O)[C@H]1c1sc2c(NCc3cccs3)cc(Cl)nc2c1Br. The van der Waals surface area contributed by atoms with E-state index in [0.717, 1.165) is 38.2 Å². The zero-order chi connectivity index (χ0) is 18.3. The first-order valence-electron chi connectivity index (χ1n) is 8.19. The minimum atomic E-state index is -0.596. The van der Waals surface area contributed by atoms with E-state index in [1.54, 1.807) is 22.7 Å². The molecular formula is C18H17BrClN3OS2. The van der Waals surface area contributed by atoms with Gasteiger partial charge < -0.3 is 16.2 Å². The van der Waals surface area contributed by atoms with Crippen molar-refractivity contribution in [2.24, 2.45) is 5.73 Å². The van der Waals surface area contributed by atoms with Crippen LogP contribution in [0, 0.1) is 0 Å². The Balaban J connectivity index is 1.76. The summed E-state index contributed by atoms with van der Waals surface area (Å²) in [7, 11) is 0. The van der Waals surface area contributed by atoms with Gasteiger partial charge in [-0.1, -0.05) is 29.8 Å². The van der Waals surface area contributed by atoms with E-state index in [9.17, 15) is 5.11 Å². The molecule has 3 heterocycles. The lowest BCUT2D eigenvalue weighted by Gasteiger charge is -2.29. The molecule has 0 spiro atoms. The van der Waals surface area contributed by atoms with Crippen LogP contribution in [-0.2, 0) is 6.54 Å². The maximum absolute atomic E-state index is 10.5. The number of pyridine rings is 1. The van der Waals surface area contributed by atoms with Crippen molar-refractivity contribution in [3.63, 3.8) is 0 Å². The summed E-state index contributed by atoms with van der Waals surface area (Å²) >= 11 is 13.3. The topological polar surface area (TPSA) is 71.2 Å². The first-order chi connectivity index (χ1) is 12.5. The summed E-state index contributed by atoms with van der Waals surface area (Å²) in [5.74, 6) is -0.155. The molecule has 3 aromatic rings. The van der Waals surface area contributed by atoms with Crippen LogP contribution in [0.4, 0.5) is 5.69 Å². The van der Waals surface area contributed by atoms with Crippen molar-refractivity contribution < 1.29 is 5.11 Å². The number of aliphatic hydroxyl groups is 1. The van der Waals surface area contributed by atoms with Gasteiger partial charge >= 0.3 is 0 Å². The number of fused-ring (bicyclic) bond motifs is 1. The van der Waals surface area contributed by atoms with E-state index in [1.165, 1.54) is 4.88 Å². The summed E-state index contributed by atoms with van der Waals surface area (Å²) < 4.78 is 1.88. The van der Waals surface area contributed by atoms with Crippen LogP contribution in [0.3, 0.4) is 0 Å². The molecule has 0 aliphatic heterocycles. The Bertz CT molecular complexity index is 957. The monoisotopic (exact) mass is 469 g/mol. The Morgan fingerprint density at radius 3 is 3.04 bits per heavy atom. The first-order valence-corrected chi connectivity index (χ1v) is 11.1. The summed E-state index contributed by atoms with van der Waals surface area (Å²) in [5.41, 5.74) is 8.05. The number of hydrogen-bond acceptors (Lipinski definition) is 6. The van der Waals surface area contributed by atoms with Crippen molar-refractivity contribution in [2.45, 2.75) is 31.0 Å². The molecule has 0 saturated carbocycles. The van der Waals surface area contributed by atoms with Crippen LogP contribution < -0.4 is 11.1 Å². The summed E-state index contributed by atoms with van der Waals surface area (Å²) in [6, 6.07) is 5.85. The Morgan fingerprint density at radius 1 is 1.46 bits per heavy atom. The van der Waals surface area contributed by atoms with Gasteiger partial charge in [-0.15, -0.1) is 22.7 Å². The quantitative estimate of drug-likeness (QED) is 0.366. The van der Waals surface area contributed by atoms with Crippen molar-refractivity contribution in [1.29, 1.82) is 0 Å². The highest BCUT2D eigenvalue weighted by molar-refractivity contribution is 9.10. The molecule has 8 heteroatoms. The second-order valence-corrected chi connectivity index (χ2v) is 9.49. The van der Waals surface area contributed by atoms with Crippen LogP contribution in [0.15, 0.2) is 40.2 Å². The molecule has 4 nitrogen and oxygen atoms in total. The maximum Gasteiger partial charge on any atom is 0.131 e. The van der Waals surface area contributed by atoms with Crippen molar-refractivity contribution in [3.05, 3.63) is 55.1 Å². The van der Waals surface area contributed by atoms with Crippen molar-refractivity contribution in [3.8, 4) is 0 Å². The average molecular weight is 471 g/mol. The van der Waals surface area contributed by atoms with Gasteiger partial charge in [0, 0.05) is 34.3 Å². The Labute approximate surface area is 172 Å². The molecule has 26 heavy (non-hydrogen) atoms. The number of thiophene rings is 2. The Hall–Kier alpha value is -0.960. The third-order valence-corrected chi connectivity index (χ3v) is 7.93. The molecule has 4 rings (SSSR count). The number of nitrogens with zero attached hydrogens (tertiary/aromatic N) is 1.